The van der Waals surface area contributed by atoms with Crippen LogP contribution in [-0.4, -0.2) is 25.4 Å². The van der Waals surface area contributed by atoms with Crippen LogP contribution in [0.5, 0.6) is 5.75 Å². The van der Waals surface area contributed by atoms with E-state index in [-0.39, 0.29) is 6.61 Å². The molecule has 0 amide bonds. The zero-order valence-corrected chi connectivity index (χ0v) is 11.6. The van der Waals surface area contributed by atoms with E-state index in [0.29, 0.717) is 11.6 Å². The molecule has 1 rings (SSSR count). The smallest absolute Gasteiger partial charge is 0.123 e. The van der Waals surface area contributed by atoms with Crippen molar-refractivity contribution in [3.8, 4) is 5.75 Å². The Morgan fingerprint density at radius 2 is 2.06 bits per heavy atom. The van der Waals surface area contributed by atoms with Crippen LogP contribution in [0.25, 0.3) is 0 Å². The molecule has 17 heavy (non-hydrogen) atoms. The van der Waals surface area contributed by atoms with E-state index in [2.05, 4.69) is 0 Å². The van der Waals surface area contributed by atoms with E-state index >= 15 is 0 Å². The lowest BCUT2D eigenvalue weighted by molar-refractivity contribution is 0.206. The minimum Gasteiger partial charge on any atom is -0.496 e. The number of ether oxygens (including phenoxy) is 1. The highest BCUT2D eigenvalue weighted by atomic mass is 35.5. The summed E-state index contributed by atoms with van der Waals surface area (Å²) in [4.78, 5) is 0. The second-order valence-corrected chi connectivity index (χ2v) is 5.01. The molecule has 3 nitrogen and oxygen atoms in total. The van der Waals surface area contributed by atoms with Crippen LogP contribution >= 0.6 is 11.6 Å². The van der Waals surface area contributed by atoms with Crippen molar-refractivity contribution in [1.29, 1.82) is 0 Å². The first-order valence-corrected chi connectivity index (χ1v) is 5.94. The molecule has 0 radical (unpaired) electrons. The van der Waals surface area contributed by atoms with Gasteiger partial charge in [0.05, 0.1) is 13.7 Å². The minimum atomic E-state index is -0.535. The van der Waals surface area contributed by atoms with Crippen LogP contribution in [-0.2, 0) is 5.41 Å². The SMILES string of the molecule is COc1cc(C)c(Cl)c(C)c1C(C)(CN)CO. The zero-order valence-electron chi connectivity index (χ0n) is 10.8. The number of aliphatic hydroxyl groups is 1. The van der Waals surface area contributed by atoms with Gasteiger partial charge in [-0.05, 0) is 31.0 Å². The van der Waals surface area contributed by atoms with Crippen LogP contribution < -0.4 is 10.5 Å². The zero-order chi connectivity index (χ0) is 13.2. The lowest BCUT2D eigenvalue weighted by Gasteiger charge is -2.30. The number of hydrogen-bond acceptors (Lipinski definition) is 3. The highest BCUT2D eigenvalue weighted by molar-refractivity contribution is 6.32. The quantitative estimate of drug-likeness (QED) is 0.869. The maximum Gasteiger partial charge on any atom is 0.123 e. The van der Waals surface area contributed by atoms with E-state index < -0.39 is 5.41 Å². The average Bonchev–Trinajstić information content (AvgIpc) is 2.34. The van der Waals surface area contributed by atoms with Gasteiger partial charge in [0.15, 0.2) is 0 Å². The minimum absolute atomic E-state index is 0.0416. The fourth-order valence-corrected chi connectivity index (χ4v) is 2.23. The van der Waals surface area contributed by atoms with Crippen molar-refractivity contribution in [3.05, 3.63) is 27.8 Å². The summed E-state index contributed by atoms with van der Waals surface area (Å²) in [5, 5.41) is 10.3. The number of halogens is 1. The van der Waals surface area contributed by atoms with E-state index in [1.54, 1.807) is 7.11 Å². The molecule has 0 spiro atoms. The van der Waals surface area contributed by atoms with Gasteiger partial charge in [0.2, 0.25) is 0 Å². The average molecular weight is 258 g/mol. The van der Waals surface area contributed by atoms with Gasteiger partial charge in [0.1, 0.15) is 5.75 Å². The molecule has 1 atom stereocenters. The molecule has 1 aromatic carbocycles. The normalized spacial score (nSPS) is 14.5. The van der Waals surface area contributed by atoms with Crippen molar-refractivity contribution in [3.63, 3.8) is 0 Å². The van der Waals surface area contributed by atoms with Gasteiger partial charge in [0, 0.05) is 22.5 Å². The molecule has 0 saturated carbocycles. The first kappa shape index (κ1) is 14.3. The summed E-state index contributed by atoms with van der Waals surface area (Å²) in [5.74, 6) is 0.728. The number of hydrogen-bond donors (Lipinski definition) is 2. The molecule has 0 aliphatic rings. The number of rotatable bonds is 4. The third-order valence-corrected chi connectivity index (χ3v) is 3.85. The highest BCUT2D eigenvalue weighted by Gasteiger charge is 2.31. The Hall–Kier alpha value is -0.770. The fourth-order valence-electron chi connectivity index (χ4n) is 2.08. The predicted molar refractivity (Wildman–Crippen MR) is 71.0 cm³/mol. The summed E-state index contributed by atoms with van der Waals surface area (Å²) < 4.78 is 5.39. The topological polar surface area (TPSA) is 55.5 Å². The molecule has 0 heterocycles. The molecule has 0 aromatic heterocycles. The number of aryl methyl sites for hydroxylation is 1. The second kappa shape index (κ2) is 5.25. The largest absolute Gasteiger partial charge is 0.496 e. The summed E-state index contributed by atoms with van der Waals surface area (Å²) >= 11 is 6.25. The summed E-state index contributed by atoms with van der Waals surface area (Å²) in [6.45, 7) is 6.06. The van der Waals surface area contributed by atoms with Gasteiger partial charge in [0.25, 0.3) is 0 Å². The Balaban J connectivity index is 3.56. The molecule has 4 heteroatoms. The van der Waals surface area contributed by atoms with E-state index in [1.807, 2.05) is 26.8 Å². The maximum absolute atomic E-state index is 9.56. The Labute approximate surface area is 108 Å². The van der Waals surface area contributed by atoms with E-state index in [9.17, 15) is 5.11 Å². The van der Waals surface area contributed by atoms with Gasteiger partial charge in [-0.1, -0.05) is 18.5 Å². The van der Waals surface area contributed by atoms with Crippen molar-refractivity contribution >= 4 is 11.6 Å². The number of aliphatic hydroxyl groups excluding tert-OH is 1. The van der Waals surface area contributed by atoms with Gasteiger partial charge >= 0.3 is 0 Å². The standard InChI is InChI=1S/C13H20ClNO2/c1-8-5-10(17-4)11(9(2)12(8)14)13(3,6-15)7-16/h5,16H,6-7,15H2,1-4H3. The van der Waals surface area contributed by atoms with Crippen LogP contribution in [0.1, 0.15) is 23.6 Å². The molecule has 1 unspecified atom stereocenters. The fraction of sp³-hybridized carbons (Fsp3) is 0.538. The lowest BCUT2D eigenvalue weighted by Crippen LogP contribution is -2.36. The highest BCUT2D eigenvalue weighted by Crippen LogP contribution is 2.38. The van der Waals surface area contributed by atoms with Crippen LogP contribution in [0, 0.1) is 13.8 Å². The van der Waals surface area contributed by atoms with Crippen molar-refractivity contribution in [1.82, 2.24) is 0 Å². The molecule has 96 valence electrons. The molecule has 1 aromatic rings. The lowest BCUT2D eigenvalue weighted by atomic mass is 9.79. The van der Waals surface area contributed by atoms with Crippen LogP contribution in [0.3, 0.4) is 0 Å². The van der Waals surface area contributed by atoms with Crippen molar-refractivity contribution < 1.29 is 9.84 Å². The molecule has 0 aliphatic heterocycles. The molecule has 0 saturated heterocycles. The van der Waals surface area contributed by atoms with Crippen molar-refractivity contribution in [2.24, 2.45) is 5.73 Å². The molecular weight excluding hydrogens is 238 g/mol. The number of benzene rings is 1. The molecular formula is C13H20ClNO2. The van der Waals surface area contributed by atoms with Gasteiger partial charge < -0.3 is 15.6 Å². The van der Waals surface area contributed by atoms with Gasteiger partial charge in [-0.3, -0.25) is 0 Å². The molecule has 3 N–H and O–H groups in total. The third kappa shape index (κ3) is 2.41. The van der Waals surface area contributed by atoms with Gasteiger partial charge in [-0.15, -0.1) is 0 Å². The van der Waals surface area contributed by atoms with E-state index in [1.165, 1.54) is 0 Å². The Bertz CT molecular complexity index is 414. The van der Waals surface area contributed by atoms with Crippen molar-refractivity contribution in [2.75, 3.05) is 20.3 Å². The first-order valence-electron chi connectivity index (χ1n) is 5.56. The predicted octanol–water partition coefficient (Wildman–Crippen LogP) is 2.17. The van der Waals surface area contributed by atoms with Crippen LogP contribution in [0.2, 0.25) is 5.02 Å². The maximum atomic E-state index is 9.56. The monoisotopic (exact) mass is 257 g/mol. The molecule has 0 fully saturated rings. The Morgan fingerprint density at radius 3 is 2.47 bits per heavy atom. The summed E-state index contributed by atoms with van der Waals surface area (Å²) in [6.07, 6.45) is 0. The van der Waals surface area contributed by atoms with Crippen molar-refractivity contribution in [2.45, 2.75) is 26.2 Å². The number of nitrogens with two attached hydrogens (primary N) is 1. The first-order chi connectivity index (χ1) is 7.91. The third-order valence-electron chi connectivity index (χ3n) is 3.27. The van der Waals surface area contributed by atoms with Crippen LogP contribution in [0.4, 0.5) is 0 Å². The van der Waals surface area contributed by atoms with Gasteiger partial charge in [-0.2, -0.15) is 0 Å². The molecule has 0 bridgehead atoms. The summed E-state index contributed by atoms with van der Waals surface area (Å²) in [6, 6.07) is 1.88. The summed E-state index contributed by atoms with van der Waals surface area (Å²) in [7, 11) is 1.61. The summed E-state index contributed by atoms with van der Waals surface area (Å²) in [5.41, 5.74) is 8.01. The molecule has 0 aliphatic carbocycles. The second-order valence-electron chi connectivity index (χ2n) is 4.63. The van der Waals surface area contributed by atoms with E-state index in [0.717, 1.165) is 22.4 Å². The van der Waals surface area contributed by atoms with E-state index in [4.69, 9.17) is 22.1 Å². The Kier molecular flexibility index (Phi) is 4.42. The number of methoxy groups -OCH3 is 1. The Morgan fingerprint density at radius 1 is 1.47 bits per heavy atom. The van der Waals surface area contributed by atoms with Gasteiger partial charge in [-0.25, -0.2) is 0 Å². The van der Waals surface area contributed by atoms with Crippen LogP contribution in [0.15, 0.2) is 6.07 Å².